The number of nitrogens with zero attached hydrogens (tertiary/aromatic N) is 2. The number of hydrogen-bond acceptors (Lipinski definition) is 3. The molecular formula is C16H21FN4. The number of imidazole rings is 1. The van der Waals surface area contributed by atoms with Crippen LogP contribution in [0.2, 0.25) is 0 Å². The lowest BCUT2D eigenvalue weighted by Crippen LogP contribution is -2.13. The number of rotatable bonds is 2. The minimum Gasteiger partial charge on any atom is -0.397 e. The van der Waals surface area contributed by atoms with Crippen LogP contribution >= 0.6 is 0 Å². The maximum Gasteiger partial charge on any atom is 0.131 e. The number of anilines is 2. The van der Waals surface area contributed by atoms with Crippen LogP contribution in [0.25, 0.3) is 5.69 Å². The summed E-state index contributed by atoms with van der Waals surface area (Å²) in [5, 5.41) is 0. The summed E-state index contributed by atoms with van der Waals surface area (Å²) in [6.45, 7) is 1.88. The molecule has 1 aromatic heterocycles. The third-order valence-electron chi connectivity index (χ3n) is 4.33. The maximum absolute atomic E-state index is 13.6. The minimum atomic E-state index is -0.320. The molecular weight excluding hydrogens is 267 g/mol. The predicted octanol–water partition coefficient (Wildman–Crippen LogP) is 3.53. The molecule has 3 rings (SSSR count). The second-order valence-corrected chi connectivity index (χ2v) is 5.81. The molecule has 0 radical (unpaired) electrons. The van der Waals surface area contributed by atoms with Gasteiger partial charge in [0.1, 0.15) is 17.5 Å². The van der Waals surface area contributed by atoms with Crippen molar-refractivity contribution in [3.8, 4) is 5.69 Å². The first kappa shape index (κ1) is 13.9. The Morgan fingerprint density at radius 3 is 2.62 bits per heavy atom. The van der Waals surface area contributed by atoms with Crippen LogP contribution < -0.4 is 11.5 Å². The van der Waals surface area contributed by atoms with Crippen LogP contribution in [0.4, 0.5) is 15.9 Å². The number of hydrogen-bond donors (Lipinski definition) is 2. The van der Waals surface area contributed by atoms with E-state index >= 15 is 0 Å². The molecule has 4 nitrogen and oxygen atoms in total. The van der Waals surface area contributed by atoms with Crippen LogP contribution in [0, 0.1) is 12.7 Å². The van der Waals surface area contributed by atoms with E-state index in [1.165, 1.54) is 31.4 Å². The van der Waals surface area contributed by atoms with Gasteiger partial charge in [-0.15, -0.1) is 0 Å². The first-order valence-corrected chi connectivity index (χ1v) is 7.48. The number of aromatic nitrogens is 2. The van der Waals surface area contributed by atoms with E-state index in [1.54, 1.807) is 6.07 Å². The van der Waals surface area contributed by atoms with Gasteiger partial charge in [-0.3, -0.25) is 4.57 Å². The van der Waals surface area contributed by atoms with E-state index in [4.69, 9.17) is 11.5 Å². The minimum absolute atomic E-state index is 0.320. The molecule has 1 aliphatic carbocycles. The summed E-state index contributed by atoms with van der Waals surface area (Å²) in [4.78, 5) is 4.64. The monoisotopic (exact) mass is 288 g/mol. The quantitative estimate of drug-likeness (QED) is 0.830. The molecule has 5 heteroatoms. The van der Waals surface area contributed by atoms with Gasteiger partial charge in [-0.25, -0.2) is 9.37 Å². The second-order valence-electron chi connectivity index (χ2n) is 5.81. The van der Waals surface area contributed by atoms with Gasteiger partial charge in [-0.05, 0) is 31.9 Å². The van der Waals surface area contributed by atoms with E-state index < -0.39 is 0 Å². The van der Waals surface area contributed by atoms with Crippen molar-refractivity contribution in [3.63, 3.8) is 0 Å². The number of aryl methyl sites for hydroxylation is 1. The van der Waals surface area contributed by atoms with Gasteiger partial charge in [0.25, 0.3) is 0 Å². The Morgan fingerprint density at radius 2 is 1.90 bits per heavy atom. The van der Waals surface area contributed by atoms with Crippen LogP contribution in [0.15, 0.2) is 18.2 Å². The summed E-state index contributed by atoms with van der Waals surface area (Å²) >= 11 is 0. The Bertz CT molecular complexity index is 657. The predicted molar refractivity (Wildman–Crippen MR) is 82.9 cm³/mol. The first-order valence-electron chi connectivity index (χ1n) is 7.48. The van der Waals surface area contributed by atoms with Gasteiger partial charge < -0.3 is 11.5 Å². The summed E-state index contributed by atoms with van der Waals surface area (Å²) in [6.07, 6.45) is 5.88. The topological polar surface area (TPSA) is 69.9 Å². The normalized spacial score (nSPS) is 16.3. The van der Waals surface area contributed by atoms with Crippen LogP contribution in [0.3, 0.4) is 0 Å². The van der Waals surface area contributed by atoms with Crippen molar-refractivity contribution < 1.29 is 4.39 Å². The molecule has 2 aromatic rings. The fraction of sp³-hybridized carbons (Fsp3) is 0.438. The van der Waals surface area contributed by atoms with E-state index in [9.17, 15) is 4.39 Å². The third-order valence-corrected chi connectivity index (χ3v) is 4.33. The summed E-state index contributed by atoms with van der Waals surface area (Å²) in [6, 6.07) is 4.36. The number of nitrogen functional groups attached to an aromatic ring is 2. The fourth-order valence-corrected chi connectivity index (χ4v) is 3.16. The van der Waals surface area contributed by atoms with Crippen LogP contribution in [-0.2, 0) is 0 Å². The lowest BCUT2D eigenvalue weighted by molar-refractivity contribution is 0.425. The molecule has 1 aromatic carbocycles. The standard InChI is InChI=1S/C16H21FN4/c1-10-15(19)21(14-9-12(17)7-8-13(14)18)16(20-10)11-5-3-2-4-6-11/h7-9,11H,2-6,18-19H2,1H3. The lowest BCUT2D eigenvalue weighted by Gasteiger charge is -2.23. The van der Waals surface area contributed by atoms with Crippen molar-refractivity contribution in [2.24, 2.45) is 0 Å². The highest BCUT2D eigenvalue weighted by Gasteiger charge is 2.24. The van der Waals surface area contributed by atoms with Gasteiger partial charge >= 0.3 is 0 Å². The number of halogens is 1. The zero-order valence-electron chi connectivity index (χ0n) is 12.3. The van der Waals surface area contributed by atoms with Crippen molar-refractivity contribution in [2.45, 2.75) is 44.9 Å². The van der Waals surface area contributed by atoms with Crippen molar-refractivity contribution in [3.05, 3.63) is 35.5 Å². The molecule has 1 heterocycles. The molecule has 21 heavy (non-hydrogen) atoms. The SMILES string of the molecule is Cc1nc(C2CCCCC2)n(-c2cc(F)ccc2N)c1N. The van der Waals surface area contributed by atoms with Gasteiger partial charge in [-0.1, -0.05) is 19.3 Å². The zero-order valence-corrected chi connectivity index (χ0v) is 12.3. The highest BCUT2D eigenvalue weighted by atomic mass is 19.1. The lowest BCUT2D eigenvalue weighted by atomic mass is 9.88. The largest absolute Gasteiger partial charge is 0.397 e. The van der Waals surface area contributed by atoms with E-state index in [0.29, 0.717) is 23.1 Å². The molecule has 0 bridgehead atoms. The Labute approximate surface area is 124 Å². The second kappa shape index (κ2) is 5.39. The molecule has 0 unspecified atom stereocenters. The van der Waals surface area contributed by atoms with Gasteiger partial charge in [0.2, 0.25) is 0 Å². The van der Waals surface area contributed by atoms with Crippen LogP contribution in [0.5, 0.6) is 0 Å². The third kappa shape index (κ3) is 2.48. The van der Waals surface area contributed by atoms with Gasteiger partial charge in [0.05, 0.1) is 17.1 Å². The van der Waals surface area contributed by atoms with E-state index in [0.717, 1.165) is 24.4 Å². The zero-order chi connectivity index (χ0) is 15.0. The summed E-state index contributed by atoms with van der Waals surface area (Å²) < 4.78 is 15.5. The molecule has 1 fully saturated rings. The molecule has 0 amide bonds. The van der Waals surface area contributed by atoms with Gasteiger partial charge in [0, 0.05) is 12.0 Å². The van der Waals surface area contributed by atoms with E-state index in [-0.39, 0.29) is 5.82 Å². The molecule has 0 atom stereocenters. The maximum atomic E-state index is 13.6. The van der Waals surface area contributed by atoms with Crippen molar-refractivity contribution in [1.82, 2.24) is 9.55 Å². The van der Waals surface area contributed by atoms with Crippen LogP contribution in [0.1, 0.15) is 49.5 Å². The smallest absolute Gasteiger partial charge is 0.131 e. The fourth-order valence-electron chi connectivity index (χ4n) is 3.16. The van der Waals surface area contributed by atoms with Crippen molar-refractivity contribution >= 4 is 11.5 Å². The van der Waals surface area contributed by atoms with Gasteiger partial charge in [-0.2, -0.15) is 0 Å². The average molecular weight is 288 g/mol. The average Bonchev–Trinajstić information content (AvgIpc) is 2.79. The Hall–Kier alpha value is -2.04. The highest BCUT2D eigenvalue weighted by Crippen LogP contribution is 2.36. The molecule has 1 aliphatic rings. The molecule has 1 saturated carbocycles. The van der Waals surface area contributed by atoms with Gasteiger partial charge in [0.15, 0.2) is 0 Å². The Balaban J connectivity index is 2.14. The molecule has 112 valence electrons. The summed E-state index contributed by atoms with van der Waals surface area (Å²) in [7, 11) is 0. The molecule has 0 spiro atoms. The molecule has 0 saturated heterocycles. The summed E-state index contributed by atoms with van der Waals surface area (Å²) in [5.41, 5.74) is 14.1. The van der Waals surface area contributed by atoms with Crippen molar-refractivity contribution in [2.75, 3.05) is 11.5 Å². The Morgan fingerprint density at radius 1 is 1.19 bits per heavy atom. The van der Waals surface area contributed by atoms with E-state index in [1.807, 2.05) is 11.5 Å². The Kier molecular flexibility index (Phi) is 3.57. The van der Waals surface area contributed by atoms with Crippen LogP contribution in [-0.4, -0.2) is 9.55 Å². The number of nitrogens with two attached hydrogens (primary N) is 2. The number of benzene rings is 1. The molecule has 0 aliphatic heterocycles. The van der Waals surface area contributed by atoms with E-state index in [2.05, 4.69) is 4.98 Å². The summed E-state index contributed by atoms with van der Waals surface area (Å²) in [5.74, 6) is 1.52. The molecule has 4 N–H and O–H groups in total. The van der Waals surface area contributed by atoms with Crippen molar-refractivity contribution in [1.29, 1.82) is 0 Å². The first-order chi connectivity index (χ1) is 10.1. The highest BCUT2D eigenvalue weighted by molar-refractivity contribution is 5.62.